The third-order valence-electron chi connectivity index (χ3n) is 8.25. The van der Waals surface area contributed by atoms with Gasteiger partial charge in [0.15, 0.2) is 0 Å². The minimum atomic E-state index is -1.03. The molecular weight excluding hydrogens is 288 g/mol. The van der Waals surface area contributed by atoms with E-state index in [0.717, 1.165) is 18.4 Å². The number of carbonyl (C=O) groups excluding carboxylic acids is 1. The van der Waals surface area contributed by atoms with Gasteiger partial charge in [0, 0.05) is 24.2 Å². The lowest BCUT2D eigenvalue weighted by atomic mass is 9.40. The third-order valence-corrected chi connectivity index (χ3v) is 8.25. The Morgan fingerprint density at radius 2 is 1.91 bits per heavy atom. The molecule has 0 saturated heterocycles. The number of Topliss-reactive ketones (excluding diaryl/α,β-unsaturated/α-hetero) is 1. The van der Waals surface area contributed by atoms with E-state index in [4.69, 9.17) is 0 Å². The van der Waals surface area contributed by atoms with Gasteiger partial charge in [-0.15, -0.1) is 0 Å². The van der Waals surface area contributed by atoms with E-state index < -0.39 is 17.1 Å². The molecule has 6 atom stereocenters. The fourth-order valence-corrected chi connectivity index (χ4v) is 7.40. The molecule has 0 aromatic rings. The van der Waals surface area contributed by atoms with Crippen LogP contribution >= 0.6 is 0 Å². The van der Waals surface area contributed by atoms with Crippen LogP contribution in [0, 0.1) is 28.1 Å². The SMILES string of the molecule is C=C1C[C@]23C[C@@]1(O)C[C@H](O)[C@H]2[C@]1(C)CCCC(C)(C)[C@H]1CC3=O. The minimum Gasteiger partial charge on any atom is -0.393 e. The van der Waals surface area contributed by atoms with Crippen molar-refractivity contribution in [3.8, 4) is 0 Å². The van der Waals surface area contributed by atoms with Crippen LogP contribution in [0.5, 0.6) is 0 Å². The van der Waals surface area contributed by atoms with Crippen LogP contribution in [0.25, 0.3) is 0 Å². The van der Waals surface area contributed by atoms with Gasteiger partial charge in [-0.1, -0.05) is 33.8 Å². The monoisotopic (exact) mass is 318 g/mol. The quantitative estimate of drug-likeness (QED) is 0.674. The Labute approximate surface area is 139 Å². The van der Waals surface area contributed by atoms with Gasteiger partial charge in [-0.05, 0) is 48.0 Å². The summed E-state index contributed by atoms with van der Waals surface area (Å²) in [5.41, 5.74) is -0.695. The van der Waals surface area contributed by atoms with Gasteiger partial charge in [0.1, 0.15) is 5.78 Å². The van der Waals surface area contributed by atoms with Crippen molar-refractivity contribution in [1.29, 1.82) is 0 Å². The summed E-state index contributed by atoms with van der Waals surface area (Å²) in [6, 6.07) is 0. The predicted molar refractivity (Wildman–Crippen MR) is 88.7 cm³/mol. The zero-order valence-corrected chi connectivity index (χ0v) is 14.7. The molecule has 128 valence electrons. The maximum absolute atomic E-state index is 13.3. The molecular formula is C20H30O3. The molecule has 2 N–H and O–H groups in total. The highest BCUT2D eigenvalue weighted by atomic mass is 16.3. The number of fused-ring (bicyclic) bond motifs is 3. The second-order valence-corrected chi connectivity index (χ2v) is 9.92. The number of aliphatic hydroxyl groups excluding tert-OH is 1. The van der Waals surface area contributed by atoms with Gasteiger partial charge in [0.25, 0.3) is 0 Å². The van der Waals surface area contributed by atoms with Gasteiger partial charge in [0.2, 0.25) is 0 Å². The van der Waals surface area contributed by atoms with Crippen molar-refractivity contribution >= 4 is 5.78 Å². The van der Waals surface area contributed by atoms with E-state index in [0.29, 0.717) is 31.6 Å². The summed E-state index contributed by atoms with van der Waals surface area (Å²) in [5, 5.41) is 21.9. The molecule has 0 aromatic carbocycles. The average Bonchev–Trinajstić information content (AvgIpc) is 2.60. The number of aliphatic hydroxyl groups is 2. The van der Waals surface area contributed by atoms with E-state index in [1.165, 1.54) is 6.42 Å². The van der Waals surface area contributed by atoms with Crippen LogP contribution in [0.15, 0.2) is 12.2 Å². The summed E-state index contributed by atoms with van der Waals surface area (Å²) in [4.78, 5) is 13.3. The summed E-state index contributed by atoms with van der Waals surface area (Å²) in [5.74, 6) is 0.581. The minimum absolute atomic E-state index is 0.0129. The zero-order chi connectivity index (χ0) is 16.8. The molecule has 0 amide bonds. The number of rotatable bonds is 0. The van der Waals surface area contributed by atoms with E-state index in [-0.39, 0.29) is 22.5 Å². The average molecular weight is 318 g/mol. The number of hydrogen-bond acceptors (Lipinski definition) is 3. The molecule has 23 heavy (non-hydrogen) atoms. The molecule has 4 aliphatic carbocycles. The highest BCUT2D eigenvalue weighted by Crippen LogP contribution is 2.71. The molecule has 3 heteroatoms. The normalized spacial score (nSPS) is 54.6. The van der Waals surface area contributed by atoms with Crippen molar-refractivity contribution in [2.75, 3.05) is 0 Å². The molecule has 0 aliphatic heterocycles. The third kappa shape index (κ3) is 1.76. The van der Waals surface area contributed by atoms with E-state index in [9.17, 15) is 15.0 Å². The lowest BCUT2D eigenvalue weighted by molar-refractivity contribution is -0.201. The van der Waals surface area contributed by atoms with Gasteiger partial charge < -0.3 is 10.2 Å². The topological polar surface area (TPSA) is 57.5 Å². The van der Waals surface area contributed by atoms with Gasteiger partial charge >= 0.3 is 0 Å². The fraction of sp³-hybridized carbons (Fsp3) is 0.850. The Kier molecular flexibility index (Phi) is 2.95. The van der Waals surface area contributed by atoms with Gasteiger partial charge in [-0.3, -0.25) is 4.79 Å². The molecule has 3 nitrogen and oxygen atoms in total. The highest BCUT2D eigenvalue weighted by Gasteiger charge is 2.71. The first kappa shape index (κ1) is 15.8. The molecule has 0 radical (unpaired) electrons. The summed E-state index contributed by atoms with van der Waals surface area (Å²) < 4.78 is 0. The van der Waals surface area contributed by atoms with E-state index in [1.54, 1.807) is 0 Å². The Hall–Kier alpha value is -0.670. The first-order valence-electron chi connectivity index (χ1n) is 9.17. The van der Waals surface area contributed by atoms with E-state index >= 15 is 0 Å². The number of carbonyl (C=O) groups is 1. The molecule has 4 rings (SSSR count). The van der Waals surface area contributed by atoms with Crippen molar-refractivity contribution in [1.82, 2.24) is 0 Å². The van der Waals surface area contributed by atoms with Crippen molar-refractivity contribution < 1.29 is 15.0 Å². The van der Waals surface area contributed by atoms with Crippen LogP contribution in [0.4, 0.5) is 0 Å². The second-order valence-electron chi connectivity index (χ2n) is 9.92. The second kappa shape index (κ2) is 4.29. The molecule has 2 bridgehead atoms. The van der Waals surface area contributed by atoms with Crippen LogP contribution in [0.1, 0.15) is 65.7 Å². The first-order valence-corrected chi connectivity index (χ1v) is 9.17. The van der Waals surface area contributed by atoms with Gasteiger partial charge in [-0.25, -0.2) is 0 Å². The lowest BCUT2D eigenvalue weighted by Crippen LogP contribution is -2.64. The van der Waals surface area contributed by atoms with Crippen LogP contribution in [0.3, 0.4) is 0 Å². The molecule has 4 saturated carbocycles. The van der Waals surface area contributed by atoms with Crippen molar-refractivity contribution in [2.24, 2.45) is 28.1 Å². The molecule has 1 spiro atoms. The largest absolute Gasteiger partial charge is 0.393 e. The predicted octanol–water partition coefficient (Wildman–Crippen LogP) is 3.24. The van der Waals surface area contributed by atoms with Crippen molar-refractivity contribution in [3.05, 3.63) is 12.2 Å². The smallest absolute Gasteiger partial charge is 0.140 e. The summed E-state index contributed by atoms with van der Waals surface area (Å²) in [6.45, 7) is 11.0. The Balaban J connectivity index is 1.86. The van der Waals surface area contributed by atoms with Gasteiger partial charge in [-0.2, -0.15) is 0 Å². The Morgan fingerprint density at radius 1 is 1.22 bits per heavy atom. The maximum Gasteiger partial charge on any atom is 0.140 e. The van der Waals surface area contributed by atoms with Crippen LogP contribution < -0.4 is 0 Å². The molecule has 4 fully saturated rings. The summed E-state index contributed by atoms with van der Waals surface area (Å²) in [6.07, 6.45) is 4.84. The van der Waals surface area contributed by atoms with Crippen molar-refractivity contribution in [2.45, 2.75) is 77.4 Å². The standard InChI is InChI=1S/C20H30O3/c1-12-9-19-11-20(12,23)10-13(21)16(19)18(4)7-5-6-17(2,3)14(18)8-15(19)22/h13-14,16,21,23H,1,5-11H2,2-4H3/t13-,14+,16-,18+,19+,20-/m0/s1. The van der Waals surface area contributed by atoms with Crippen LogP contribution in [-0.4, -0.2) is 27.7 Å². The summed E-state index contributed by atoms with van der Waals surface area (Å²) in [7, 11) is 0. The molecule has 4 aliphatic rings. The van der Waals surface area contributed by atoms with E-state index in [1.807, 2.05) is 0 Å². The summed E-state index contributed by atoms with van der Waals surface area (Å²) >= 11 is 0. The zero-order valence-electron chi connectivity index (χ0n) is 14.7. The molecule has 0 heterocycles. The highest BCUT2D eigenvalue weighted by molar-refractivity contribution is 5.88. The molecule has 0 unspecified atom stereocenters. The maximum atomic E-state index is 13.3. The molecule has 0 aromatic heterocycles. The van der Waals surface area contributed by atoms with Crippen LogP contribution in [0.2, 0.25) is 0 Å². The fourth-order valence-electron chi connectivity index (χ4n) is 7.40. The number of ketones is 1. The lowest BCUT2D eigenvalue weighted by Gasteiger charge is -2.64. The first-order chi connectivity index (χ1) is 10.6. The van der Waals surface area contributed by atoms with E-state index in [2.05, 4.69) is 27.4 Å². The number of hydrogen-bond donors (Lipinski definition) is 2. The Bertz CT molecular complexity index is 594. The van der Waals surface area contributed by atoms with Crippen molar-refractivity contribution in [3.63, 3.8) is 0 Å². The Morgan fingerprint density at radius 3 is 2.61 bits per heavy atom. The van der Waals surface area contributed by atoms with Gasteiger partial charge in [0.05, 0.1) is 11.7 Å². The van der Waals surface area contributed by atoms with Crippen LogP contribution in [-0.2, 0) is 4.79 Å².